The molecule has 0 radical (unpaired) electrons. The molecule has 0 atom stereocenters. The van der Waals surface area contributed by atoms with Crippen LogP contribution >= 0.6 is 12.4 Å². The number of nitrogens with two attached hydrogens (primary N) is 1. The second-order valence-electron chi connectivity index (χ2n) is 8.09. The number of fused-ring (bicyclic) bond motifs is 1. The van der Waals surface area contributed by atoms with E-state index in [4.69, 9.17) is 10.7 Å². The van der Waals surface area contributed by atoms with Crippen LogP contribution in [0.25, 0.3) is 22.2 Å². The first-order chi connectivity index (χ1) is 14.2. The molecule has 1 aliphatic rings. The van der Waals surface area contributed by atoms with Crippen molar-refractivity contribution in [2.45, 2.75) is 26.7 Å². The Labute approximate surface area is 186 Å². The Hall–Kier alpha value is -2.30. The highest BCUT2D eigenvalue weighted by Crippen LogP contribution is 2.34. The molecule has 2 aromatic carbocycles. The molecular formula is C25H33ClN4. The SMILES string of the molecule is CCN(CC)CC1CCN(c2cc(-c3ccccc3)nc3cc(N)ccc23)CC1.Cl. The molecule has 160 valence electrons. The highest BCUT2D eigenvalue weighted by Gasteiger charge is 2.23. The van der Waals surface area contributed by atoms with Gasteiger partial charge in [-0.2, -0.15) is 0 Å². The monoisotopic (exact) mass is 424 g/mol. The molecule has 0 amide bonds. The van der Waals surface area contributed by atoms with Crippen LogP contribution in [-0.2, 0) is 0 Å². The van der Waals surface area contributed by atoms with Gasteiger partial charge in [0.15, 0.2) is 0 Å². The van der Waals surface area contributed by atoms with Crippen LogP contribution < -0.4 is 10.6 Å². The third kappa shape index (κ3) is 4.88. The number of pyridine rings is 1. The van der Waals surface area contributed by atoms with Gasteiger partial charge in [-0.25, -0.2) is 4.98 Å². The van der Waals surface area contributed by atoms with E-state index in [1.54, 1.807) is 0 Å². The fraction of sp³-hybridized carbons (Fsp3) is 0.400. The van der Waals surface area contributed by atoms with Crippen molar-refractivity contribution in [3.8, 4) is 11.3 Å². The number of anilines is 2. The highest BCUT2D eigenvalue weighted by atomic mass is 35.5. The second kappa shape index (κ2) is 10.1. The molecule has 1 aliphatic heterocycles. The average Bonchev–Trinajstić information content (AvgIpc) is 2.77. The third-order valence-electron chi connectivity index (χ3n) is 6.25. The summed E-state index contributed by atoms with van der Waals surface area (Å²) in [6.45, 7) is 10.2. The van der Waals surface area contributed by atoms with Gasteiger partial charge in [0, 0.05) is 42.0 Å². The van der Waals surface area contributed by atoms with Crippen LogP contribution in [0.2, 0.25) is 0 Å². The van der Waals surface area contributed by atoms with E-state index in [0.29, 0.717) is 0 Å². The number of halogens is 1. The number of hydrogen-bond acceptors (Lipinski definition) is 4. The Bertz CT molecular complexity index is 948. The van der Waals surface area contributed by atoms with Gasteiger partial charge in [-0.3, -0.25) is 0 Å². The summed E-state index contributed by atoms with van der Waals surface area (Å²) in [7, 11) is 0. The normalized spacial score (nSPS) is 14.8. The summed E-state index contributed by atoms with van der Waals surface area (Å²) >= 11 is 0. The maximum Gasteiger partial charge on any atom is 0.0750 e. The molecule has 2 heterocycles. The maximum atomic E-state index is 6.07. The van der Waals surface area contributed by atoms with Gasteiger partial charge in [0.25, 0.3) is 0 Å². The number of rotatable bonds is 6. The van der Waals surface area contributed by atoms with Crippen molar-refractivity contribution in [3.63, 3.8) is 0 Å². The van der Waals surface area contributed by atoms with Crippen molar-refractivity contribution in [1.29, 1.82) is 0 Å². The number of nitrogens with zero attached hydrogens (tertiary/aromatic N) is 3. The molecule has 5 heteroatoms. The zero-order chi connectivity index (χ0) is 20.2. The van der Waals surface area contributed by atoms with Crippen LogP contribution in [0.1, 0.15) is 26.7 Å². The fourth-order valence-electron chi connectivity index (χ4n) is 4.45. The highest BCUT2D eigenvalue weighted by molar-refractivity contribution is 5.95. The van der Waals surface area contributed by atoms with Gasteiger partial charge in [0.05, 0.1) is 11.2 Å². The van der Waals surface area contributed by atoms with Crippen molar-refractivity contribution in [1.82, 2.24) is 9.88 Å². The third-order valence-corrected chi connectivity index (χ3v) is 6.25. The quantitative estimate of drug-likeness (QED) is 0.533. The van der Waals surface area contributed by atoms with Crippen LogP contribution in [0, 0.1) is 5.92 Å². The lowest BCUT2D eigenvalue weighted by atomic mass is 9.95. The van der Waals surface area contributed by atoms with Crippen LogP contribution in [0.5, 0.6) is 0 Å². The molecule has 1 saturated heterocycles. The Kier molecular flexibility index (Phi) is 7.57. The molecule has 2 N–H and O–H groups in total. The Morgan fingerprint density at radius 1 is 1.00 bits per heavy atom. The van der Waals surface area contributed by atoms with Gasteiger partial charge in [-0.1, -0.05) is 44.2 Å². The molecule has 0 spiro atoms. The van der Waals surface area contributed by atoms with Crippen LogP contribution in [0.15, 0.2) is 54.6 Å². The van der Waals surface area contributed by atoms with Gasteiger partial charge in [-0.15, -0.1) is 12.4 Å². The number of hydrogen-bond donors (Lipinski definition) is 1. The van der Waals surface area contributed by atoms with Crippen LogP contribution in [-0.4, -0.2) is 42.6 Å². The lowest BCUT2D eigenvalue weighted by Gasteiger charge is -2.36. The topological polar surface area (TPSA) is 45.4 Å². The number of piperidine rings is 1. The second-order valence-corrected chi connectivity index (χ2v) is 8.09. The van der Waals surface area contributed by atoms with E-state index in [0.717, 1.165) is 54.6 Å². The molecule has 0 saturated carbocycles. The first kappa shape index (κ1) is 22.4. The van der Waals surface area contributed by atoms with E-state index in [-0.39, 0.29) is 12.4 Å². The molecule has 0 unspecified atom stereocenters. The van der Waals surface area contributed by atoms with Crippen molar-refractivity contribution in [2.24, 2.45) is 5.92 Å². The van der Waals surface area contributed by atoms with E-state index < -0.39 is 0 Å². The molecule has 0 bridgehead atoms. The molecule has 1 aromatic heterocycles. The minimum atomic E-state index is 0. The van der Waals surface area contributed by atoms with Crippen molar-refractivity contribution >= 4 is 34.7 Å². The van der Waals surface area contributed by atoms with E-state index in [9.17, 15) is 0 Å². The van der Waals surface area contributed by atoms with E-state index in [2.05, 4.69) is 60.0 Å². The standard InChI is InChI=1S/C25H32N4.ClH/c1-3-28(4-2)18-19-12-14-29(15-13-19)25-17-23(20-8-6-5-7-9-20)27-24-16-21(26)10-11-22(24)25;/h5-11,16-17,19H,3-4,12-15,18,26H2,1-2H3;1H. The smallest absolute Gasteiger partial charge is 0.0750 e. The average molecular weight is 425 g/mol. The number of nitrogen functional groups attached to an aromatic ring is 1. The first-order valence-corrected chi connectivity index (χ1v) is 10.9. The summed E-state index contributed by atoms with van der Waals surface area (Å²) in [4.78, 5) is 10.0. The van der Waals surface area contributed by atoms with Crippen LogP contribution in [0.3, 0.4) is 0 Å². The summed E-state index contributed by atoms with van der Waals surface area (Å²) in [6, 6.07) is 18.8. The molecule has 1 fully saturated rings. The minimum Gasteiger partial charge on any atom is -0.399 e. The maximum absolute atomic E-state index is 6.07. The summed E-state index contributed by atoms with van der Waals surface area (Å²) < 4.78 is 0. The zero-order valence-electron chi connectivity index (χ0n) is 18.1. The number of benzene rings is 2. The van der Waals surface area contributed by atoms with Crippen molar-refractivity contribution in [3.05, 3.63) is 54.6 Å². The molecule has 4 nitrogen and oxygen atoms in total. The summed E-state index contributed by atoms with van der Waals surface area (Å²) in [5.41, 5.74) is 11.3. The Morgan fingerprint density at radius 3 is 2.37 bits per heavy atom. The van der Waals surface area contributed by atoms with Gasteiger partial charge < -0.3 is 15.5 Å². The fourth-order valence-corrected chi connectivity index (χ4v) is 4.45. The summed E-state index contributed by atoms with van der Waals surface area (Å²) in [5.74, 6) is 0.795. The molecule has 4 rings (SSSR count). The lowest BCUT2D eigenvalue weighted by Crippen LogP contribution is -2.38. The zero-order valence-corrected chi connectivity index (χ0v) is 18.9. The van der Waals surface area contributed by atoms with E-state index in [1.807, 2.05) is 18.2 Å². The first-order valence-electron chi connectivity index (χ1n) is 10.9. The van der Waals surface area contributed by atoms with E-state index >= 15 is 0 Å². The van der Waals surface area contributed by atoms with Crippen molar-refractivity contribution in [2.75, 3.05) is 43.4 Å². The number of aromatic nitrogens is 1. The molecule has 0 aliphatic carbocycles. The Morgan fingerprint density at radius 2 is 1.70 bits per heavy atom. The summed E-state index contributed by atoms with van der Waals surface area (Å²) in [5, 5.41) is 1.20. The summed E-state index contributed by atoms with van der Waals surface area (Å²) in [6.07, 6.45) is 2.49. The minimum absolute atomic E-state index is 0. The predicted octanol–water partition coefficient (Wildman–Crippen LogP) is 5.46. The predicted molar refractivity (Wildman–Crippen MR) is 132 cm³/mol. The van der Waals surface area contributed by atoms with Gasteiger partial charge >= 0.3 is 0 Å². The van der Waals surface area contributed by atoms with Crippen molar-refractivity contribution < 1.29 is 0 Å². The lowest BCUT2D eigenvalue weighted by molar-refractivity contribution is 0.229. The molecule has 30 heavy (non-hydrogen) atoms. The Balaban J connectivity index is 0.00000256. The van der Waals surface area contributed by atoms with E-state index in [1.165, 1.54) is 30.5 Å². The van der Waals surface area contributed by atoms with Gasteiger partial charge in [0.2, 0.25) is 0 Å². The largest absolute Gasteiger partial charge is 0.399 e. The molecular weight excluding hydrogens is 392 g/mol. The van der Waals surface area contributed by atoms with Crippen LogP contribution in [0.4, 0.5) is 11.4 Å². The van der Waals surface area contributed by atoms with Gasteiger partial charge in [-0.05, 0) is 56.1 Å². The molecule has 3 aromatic rings. The van der Waals surface area contributed by atoms with Gasteiger partial charge in [0.1, 0.15) is 0 Å².